The molecule has 1 N–H and O–H groups in total. The Labute approximate surface area is 145 Å². The van der Waals surface area contributed by atoms with Gasteiger partial charge >= 0.3 is 0 Å². The summed E-state index contributed by atoms with van der Waals surface area (Å²) in [5, 5.41) is 5.65. The summed E-state index contributed by atoms with van der Waals surface area (Å²) in [7, 11) is 0. The molecule has 0 aliphatic carbocycles. The predicted molar refractivity (Wildman–Crippen MR) is 91.1 cm³/mol. The molecule has 1 saturated heterocycles. The van der Waals surface area contributed by atoms with Gasteiger partial charge in [0.05, 0.1) is 24.4 Å². The Morgan fingerprint density at radius 2 is 2.42 bits per heavy atom. The van der Waals surface area contributed by atoms with Gasteiger partial charge in [-0.1, -0.05) is 0 Å². The second-order valence-electron chi connectivity index (χ2n) is 5.77. The average molecular weight is 347 g/mol. The molecule has 0 aromatic carbocycles. The maximum Gasteiger partial charge on any atom is 0.226 e. The van der Waals surface area contributed by atoms with E-state index in [1.54, 1.807) is 6.20 Å². The van der Waals surface area contributed by atoms with Gasteiger partial charge < -0.3 is 14.8 Å². The number of thiazole rings is 1. The van der Waals surface area contributed by atoms with Crippen molar-refractivity contribution in [2.75, 3.05) is 13.2 Å². The summed E-state index contributed by atoms with van der Waals surface area (Å²) < 4.78 is 11.1. The Morgan fingerprint density at radius 3 is 3.17 bits per heavy atom. The van der Waals surface area contributed by atoms with Gasteiger partial charge in [0.15, 0.2) is 0 Å². The van der Waals surface area contributed by atoms with E-state index in [2.05, 4.69) is 15.3 Å². The van der Waals surface area contributed by atoms with E-state index in [9.17, 15) is 4.79 Å². The number of nitrogens with zero attached hydrogens (tertiary/aromatic N) is 2. The largest absolute Gasteiger partial charge is 0.485 e. The van der Waals surface area contributed by atoms with E-state index in [1.165, 1.54) is 11.3 Å². The van der Waals surface area contributed by atoms with Crippen LogP contribution in [0.5, 0.6) is 5.75 Å². The normalized spacial score (nSPS) is 17.0. The van der Waals surface area contributed by atoms with Crippen molar-refractivity contribution in [1.29, 1.82) is 0 Å². The third-order valence-corrected chi connectivity index (χ3v) is 4.61. The number of hydrogen-bond donors (Lipinski definition) is 1. The summed E-state index contributed by atoms with van der Waals surface area (Å²) in [6.45, 7) is 3.69. The zero-order chi connectivity index (χ0) is 16.8. The molecular formula is C17H21N3O3S. The van der Waals surface area contributed by atoms with Gasteiger partial charge in [-0.25, -0.2) is 4.98 Å². The van der Waals surface area contributed by atoms with Crippen LogP contribution in [0.1, 0.15) is 29.2 Å². The van der Waals surface area contributed by atoms with E-state index in [0.29, 0.717) is 18.9 Å². The molecule has 0 spiro atoms. The molecule has 1 unspecified atom stereocenters. The molecule has 3 heterocycles. The molecule has 1 aliphatic heterocycles. The molecule has 1 aliphatic rings. The molecule has 24 heavy (non-hydrogen) atoms. The summed E-state index contributed by atoms with van der Waals surface area (Å²) in [5.41, 5.74) is 1.72. The zero-order valence-electron chi connectivity index (χ0n) is 13.7. The number of amides is 1. The van der Waals surface area contributed by atoms with Crippen LogP contribution in [0.25, 0.3) is 0 Å². The molecule has 2 aromatic heterocycles. The van der Waals surface area contributed by atoms with Crippen molar-refractivity contribution in [1.82, 2.24) is 15.3 Å². The first kappa shape index (κ1) is 16.9. The first-order chi connectivity index (χ1) is 11.7. The lowest BCUT2D eigenvalue weighted by molar-refractivity contribution is -0.121. The van der Waals surface area contributed by atoms with Gasteiger partial charge in [-0.3, -0.25) is 9.78 Å². The fraction of sp³-hybridized carbons (Fsp3) is 0.471. The smallest absolute Gasteiger partial charge is 0.226 e. The lowest BCUT2D eigenvalue weighted by Crippen LogP contribution is -2.32. The highest BCUT2D eigenvalue weighted by Crippen LogP contribution is 2.15. The fourth-order valence-corrected chi connectivity index (χ4v) is 3.15. The van der Waals surface area contributed by atoms with Crippen LogP contribution < -0.4 is 10.1 Å². The predicted octanol–water partition coefficient (Wildman–Crippen LogP) is 2.26. The minimum atomic E-state index is -0.0222. The van der Waals surface area contributed by atoms with E-state index in [4.69, 9.17) is 9.47 Å². The average Bonchev–Trinajstić information content (AvgIpc) is 3.24. The number of aromatic nitrogens is 2. The van der Waals surface area contributed by atoms with Gasteiger partial charge in [-0.15, -0.1) is 11.3 Å². The van der Waals surface area contributed by atoms with Crippen LogP contribution in [-0.4, -0.2) is 35.1 Å². The summed E-state index contributed by atoms with van der Waals surface area (Å²) >= 11 is 1.50. The molecule has 7 heteroatoms. The summed E-state index contributed by atoms with van der Waals surface area (Å²) in [5.74, 6) is 0.692. The van der Waals surface area contributed by atoms with E-state index in [1.807, 2.05) is 24.4 Å². The molecule has 128 valence electrons. The van der Waals surface area contributed by atoms with E-state index in [0.717, 1.165) is 35.8 Å². The topological polar surface area (TPSA) is 73.3 Å². The molecule has 0 saturated carbocycles. The zero-order valence-corrected chi connectivity index (χ0v) is 14.5. The Bertz CT molecular complexity index is 666. The molecule has 0 radical (unpaired) electrons. The van der Waals surface area contributed by atoms with Gasteiger partial charge in [-0.05, 0) is 31.9 Å². The highest BCUT2D eigenvalue weighted by Gasteiger charge is 2.16. The van der Waals surface area contributed by atoms with Crippen molar-refractivity contribution in [3.8, 4) is 5.75 Å². The minimum Gasteiger partial charge on any atom is -0.485 e. The van der Waals surface area contributed by atoms with E-state index < -0.39 is 0 Å². The van der Waals surface area contributed by atoms with Crippen LogP contribution in [0.2, 0.25) is 0 Å². The lowest BCUT2D eigenvalue weighted by atomic mass is 10.2. The molecule has 2 aromatic rings. The van der Waals surface area contributed by atoms with Crippen LogP contribution in [0.4, 0.5) is 0 Å². The second-order valence-corrected chi connectivity index (χ2v) is 6.72. The molecule has 6 nitrogen and oxygen atoms in total. The van der Waals surface area contributed by atoms with Gasteiger partial charge in [0.25, 0.3) is 0 Å². The standard InChI is InChI=1S/C17H21N3O3S/c1-12-4-5-15(8-18-12)23-10-17-20-13(11-24-17)7-16(21)19-9-14-3-2-6-22-14/h4-5,8,11,14H,2-3,6-7,9-10H2,1H3,(H,19,21). The van der Waals surface area contributed by atoms with Crippen molar-refractivity contribution in [2.24, 2.45) is 0 Å². The Morgan fingerprint density at radius 1 is 1.50 bits per heavy atom. The molecule has 3 rings (SSSR count). The highest BCUT2D eigenvalue weighted by molar-refractivity contribution is 7.09. The number of hydrogen-bond acceptors (Lipinski definition) is 6. The summed E-state index contributed by atoms with van der Waals surface area (Å²) in [6, 6.07) is 3.79. The number of ether oxygens (including phenoxy) is 2. The number of aryl methyl sites for hydroxylation is 1. The van der Waals surface area contributed by atoms with Crippen LogP contribution in [0, 0.1) is 6.92 Å². The Balaban J connectivity index is 1.42. The Hall–Kier alpha value is -1.99. The number of carbonyl (C=O) groups is 1. The van der Waals surface area contributed by atoms with Gasteiger partial charge in [-0.2, -0.15) is 0 Å². The van der Waals surface area contributed by atoms with Gasteiger partial charge in [0, 0.05) is 24.2 Å². The lowest BCUT2D eigenvalue weighted by Gasteiger charge is -2.10. The fourth-order valence-electron chi connectivity index (χ4n) is 2.44. The monoisotopic (exact) mass is 347 g/mol. The number of pyridine rings is 1. The van der Waals surface area contributed by atoms with Crippen LogP contribution in [0.3, 0.4) is 0 Å². The number of rotatable bonds is 7. The second kappa shape index (κ2) is 8.21. The van der Waals surface area contributed by atoms with Crippen molar-refractivity contribution < 1.29 is 14.3 Å². The van der Waals surface area contributed by atoms with E-state index >= 15 is 0 Å². The maximum absolute atomic E-state index is 11.9. The van der Waals surface area contributed by atoms with Crippen molar-refractivity contribution >= 4 is 17.2 Å². The van der Waals surface area contributed by atoms with Gasteiger partial charge in [0.1, 0.15) is 17.4 Å². The van der Waals surface area contributed by atoms with E-state index in [-0.39, 0.29) is 18.4 Å². The highest BCUT2D eigenvalue weighted by atomic mass is 32.1. The SMILES string of the molecule is Cc1ccc(OCc2nc(CC(=O)NCC3CCCO3)cs2)cn1. The number of nitrogens with one attached hydrogen (secondary N) is 1. The van der Waals surface area contributed by atoms with Crippen molar-refractivity contribution in [3.05, 3.63) is 40.1 Å². The third-order valence-electron chi connectivity index (χ3n) is 3.74. The summed E-state index contributed by atoms with van der Waals surface area (Å²) in [4.78, 5) is 20.6. The Kier molecular flexibility index (Phi) is 5.77. The molecule has 1 fully saturated rings. The van der Waals surface area contributed by atoms with Crippen LogP contribution >= 0.6 is 11.3 Å². The molecule has 1 amide bonds. The van der Waals surface area contributed by atoms with Crippen LogP contribution in [0.15, 0.2) is 23.7 Å². The molecule has 1 atom stereocenters. The summed E-state index contributed by atoms with van der Waals surface area (Å²) in [6.07, 6.45) is 4.24. The van der Waals surface area contributed by atoms with Crippen molar-refractivity contribution in [3.63, 3.8) is 0 Å². The number of carbonyl (C=O) groups excluding carboxylic acids is 1. The first-order valence-corrected chi connectivity index (χ1v) is 8.94. The minimum absolute atomic E-state index is 0.0222. The quantitative estimate of drug-likeness (QED) is 0.832. The van der Waals surface area contributed by atoms with Crippen LogP contribution in [-0.2, 0) is 22.6 Å². The van der Waals surface area contributed by atoms with Gasteiger partial charge in [0.2, 0.25) is 5.91 Å². The third kappa shape index (κ3) is 5.01. The van der Waals surface area contributed by atoms with Crippen molar-refractivity contribution in [2.45, 2.75) is 38.9 Å². The first-order valence-electron chi connectivity index (χ1n) is 8.06. The maximum atomic E-state index is 11.9. The molecule has 0 bridgehead atoms. The molecular weight excluding hydrogens is 326 g/mol.